The van der Waals surface area contributed by atoms with E-state index >= 15 is 0 Å². The number of carboxylic acids is 1. The van der Waals surface area contributed by atoms with Gasteiger partial charge in [-0.25, -0.2) is 0 Å². The zero-order chi connectivity index (χ0) is 15.6. The Morgan fingerprint density at radius 3 is 2.67 bits per heavy atom. The molecule has 21 heavy (non-hydrogen) atoms. The van der Waals surface area contributed by atoms with Crippen molar-refractivity contribution in [1.29, 1.82) is 0 Å². The SMILES string of the molecule is CC(C)C(C)(CC(=O)O)NC(=O)c1n[nH]c2ccccc12. The van der Waals surface area contributed by atoms with E-state index in [9.17, 15) is 9.59 Å². The van der Waals surface area contributed by atoms with Crippen LogP contribution in [0.5, 0.6) is 0 Å². The van der Waals surface area contributed by atoms with Crippen LogP contribution in [0.25, 0.3) is 10.9 Å². The lowest BCUT2D eigenvalue weighted by Crippen LogP contribution is -2.51. The number of aromatic amines is 1. The summed E-state index contributed by atoms with van der Waals surface area (Å²) in [7, 11) is 0. The second kappa shape index (κ2) is 5.55. The number of nitrogens with zero attached hydrogens (tertiary/aromatic N) is 1. The molecule has 0 aliphatic carbocycles. The molecule has 1 aromatic heterocycles. The van der Waals surface area contributed by atoms with Crippen LogP contribution < -0.4 is 5.32 Å². The Morgan fingerprint density at radius 2 is 2.05 bits per heavy atom. The summed E-state index contributed by atoms with van der Waals surface area (Å²) in [6.07, 6.45) is -0.140. The number of aliphatic carboxylic acids is 1. The van der Waals surface area contributed by atoms with Gasteiger partial charge in [-0.3, -0.25) is 14.7 Å². The number of carbonyl (C=O) groups is 2. The molecule has 0 saturated heterocycles. The number of amides is 1. The molecule has 112 valence electrons. The number of fused-ring (bicyclic) bond motifs is 1. The first-order chi connectivity index (χ1) is 9.83. The van der Waals surface area contributed by atoms with Crippen LogP contribution in [-0.2, 0) is 4.79 Å². The van der Waals surface area contributed by atoms with E-state index in [1.807, 2.05) is 32.0 Å². The zero-order valence-electron chi connectivity index (χ0n) is 12.3. The summed E-state index contributed by atoms with van der Waals surface area (Å²) >= 11 is 0. The standard InChI is InChI=1S/C15H19N3O3/c1-9(2)15(3,8-12(19)20)16-14(21)13-10-6-4-5-7-11(10)17-18-13/h4-7,9H,8H2,1-3H3,(H,16,21)(H,17,18)(H,19,20). The molecule has 6 heteroatoms. The van der Waals surface area contributed by atoms with Crippen molar-refractivity contribution >= 4 is 22.8 Å². The number of carbonyl (C=O) groups excluding carboxylic acids is 1. The van der Waals surface area contributed by atoms with Crippen LogP contribution in [0.1, 0.15) is 37.7 Å². The van der Waals surface area contributed by atoms with Crippen molar-refractivity contribution in [1.82, 2.24) is 15.5 Å². The lowest BCUT2D eigenvalue weighted by molar-refractivity contribution is -0.138. The lowest BCUT2D eigenvalue weighted by Gasteiger charge is -2.33. The predicted octanol–water partition coefficient (Wildman–Crippen LogP) is 2.18. The third-order valence-electron chi connectivity index (χ3n) is 3.88. The number of nitrogens with one attached hydrogen (secondary N) is 2. The molecule has 6 nitrogen and oxygen atoms in total. The largest absolute Gasteiger partial charge is 0.481 e. The summed E-state index contributed by atoms with van der Waals surface area (Å²) in [6, 6.07) is 7.31. The highest BCUT2D eigenvalue weighted by molar-refractivity contribution is 6.05. The molecule has 0 bridgehead atoms. The molecular formula is C15H19N3O3. The van der Waals surface area contributed by atoms with Crippen molar-refractivity contribution in [2.24, 2.45) is 5.92 Å². The summed E-state index contributed by atoms with van der Waals surface area (Å²) in [5.41, 5.74) is 0.221. The van der Waals surface area contributed by atoms with Crippen LogP contribution in [0.2, 0.25) is 0 Å². The van der Waals surface area contributed by atoms with Crippen LogP contribution in [-0.4, -0.2) is 32.7 Å². The molecule has 0 aliphatic rings. The number of benzene rings is 1. The predicted molar refractivity (Wildman–Crippen MR) is 79.1 cm³/mol. The maximum atomic E-state index is 12.4. The normalized spacial score (nSPS) is 14.1. The minimum Gasteiger partial charge on any atom is -0.481 e. The smallest absolute Gasteiger partial charge is 0.305 e. The minimum atomic E-state index is -0.946. The monoisotopic (exact) mass is 289 g/mol. The third-order valence-corrected chi connectivity index (χ3v) is 3.88. The summed E-state index contributed by atoms with van der Waals surface area (Å²) in [5, 5.41) is 19.4. The zero-order valence-corrected chi connectivity index (χ0v) is 12.3. The van der Waals surface area contributed by atoms with Gasteiger partial charge in [0, 0.05) is 5.39 Å². The molecule has 0 saturated carbocycles. The molecule has 0 radical (unpaired) electrons. The Kier molecular flexibility index (Phi) is 3.97. The van der Waals surface area contributed by atoms with Crippen molar-refractivity contribution in [3.8, 4) is 0 Å². The summed E-state index contributed by atoms with van der Waals surface area (Å²) in [4.78, 5) is 23.5. The number of hydrogen-bond donors (Lipinski definition) is 3. The third kappa shape index (κ3) is 3.04. The Morgan fingerprint density at radius 1 is 1.38 bits per heavy atom. The van der Waals surface area contributed by atoms with E-state index in [4.69, 9.17) is 5.11 Å². The van der Waals surface area contributed by atoms with Crippen LogP contribution in [0.15, 0.2) is 24.3 Å². The molecule has 1 amide bonds. The fraction of sp³-hybridized carbons (Fsp3) is 0.400. The minimum absolute atomic E-state index is 0.0252. The molecule has 1 atom stereocenters. The van der Waals surface area contributed by atoms with Gasteiger partial charge in [0.05, 0.1) is 17.5 Å². The Bertz CT molecular complexity index is 678. The molecule has 1 aromatic carbocycles. The Labute approximate surface area is 122 Å². The second-order valence-electron chi connectivity index (χ2n) is 5.71. The van der Waals surface area contributed by atoms with E-state index in [0.717, 1.165) is 10.9 Å². The van der Waals surface area contributed by atoms with Gasteiger partial charge >= 0.3 is 5.97 Å². The quantitative estimate of drug-likeness (QED) is 0.786. The number of H-pyrrole nitrogens is 1. The fourth-order valence-corrected chi connectivity index (χ4v) is 2.16. The van der Waals surface area contributed by atoms with Crippen molar-refractivity contribution in [3.05, 3.63) is 30.0 Å². The van der Waals surface area contributed by atoms with Gasteiger partial charge in [0.25, 0.3) is 5.91 Å². The van der Waals surface area contributed by atoms with Gasteiger partial charge in [-0.15, -0.1) is 0 Å². The van der Waals surface area contributed by atoms with Gasteiger partial charge in [-0.2, -0.15) is 5.10 Å². The number of aromatic nitrogens is 2. The van der Waals surface area contributed by atoms with E-state index in [0.29, 0.717) is 0 Å². The lowest BCUT2D eigenvalue weighted by atomic mass is 9.85. The van der Waals surface area contributed by atoms with E-state index in [1.54, 1.807) is 13.0 Å². The van der Waals surface area contributed by atoms with Crippen molar-refractivity contribution in [3.63, 3.8) is 0 Å². The summed E-state index contributed by atoms with van der Waals surface area (Å²) in [6.45, 7) is 5.50. The Balaban J connectivity index is 2.29. The second-order valence-corrected chi connectivity index (χ2v) is 5.71. The topological polar surface area (TPSA) is 95.1 Å². The highest BCUT2D eigenvalue weighted by Gasteiger charge is 2.34. The first-order valence-corrected chi connectivity index (χ1v) is 6.81. The number of para-hydroxylation sites is 1. The summed E-state index contributed by atoms with van der Waals surface area (Å²) in [5.74, 6) is -1.34. The maximum Gasteiger partial charge on any atom is 0.305 e. The Hall–Kier alpha value is -2.37. The van der Waals surface area contributed by atoms with Gasteiger partial charge < -0.3 is 10.4 Å². The van der Waals surface area contributed by atoms with Crippen LogP contribution in [0.4, 0.5) is 0 Å². The van der Waals surface area contributed by atoms with Crippen molar-refractivity contribution < 1.29 is 14.7 Å². The molecular weight excluding hydrogens is 270 g/mol. The molecule has 2 aromatic rings. The molecule has 0 spiro atoms. The molecule has 1 unspecified atom stereocenters. The molecule has 0 fully saturated rings. The van der Waals surface area contributed by atoms with E-state index in [-0.39, 0.29) is 23.9 Å². The van der Waals surface area contributed by atoms with Crippen LogP contribution in [0, 0.1) is 5.92 Å². The van der Waals surface area contributed by atoms with Gasteiger partial charge in [-0.1, -0.05) is 32.0 Å². The van der Waals surface area contributed by atoms with Crippen molar-refractivity contribution in [2.75, 3.05) is 0 Å². The maximum absolute atomic E-state index is 12.4. The van der Waals surface area contributed by atoms with E-state index < -0.39 is 11.5 Å². The van der Waals surface area contributed by atoms with Gasteiger partial charge in [-0.05, 0) is 18.9 Å². The first kappa shape index (κ1) is 15.0. The number of hydrogen-bond acceptors (Lipinski definition) is 3. The van der Waals surface area contributed by atoms with Crippen molar-refractivity contribution in [2.45, 2.75) is 32.7 Å². The summed E-state index contributed by atoms with van der Waals surface area (Å²) < 4.78 is 0. The first-order valence-electron chi connectivity index (χ1n) is 6.81. The number of carboxylic acid groups (broad SMARTS) is 1. The van der Waals surface area contributed by atoms with Crippen LogP contribution >= 0.6 is 0 Å². The van der Waals surface area contributed by atoms with E-state index in [1.165, 1.54) is 0 Å². The van der Waals surface area contributed by atoms with Gasteiger partial charge in [0.2, 0.25) is 0 Å². The van der Waals surface area contributed by atoms with Gasteiger partial charge in [0.15, 0.2) is 5.69 Å². The van der Waals surface area contributed by atoms with E-state index in [2.05, 4.69) is 15.5 Å². The number of rotatable bonds is 5. The van der Waals surface area contributed by atoms with Crippen LogP contribution in [0.3, 0.4) is 0 Å². The molecule has 0 aliphatic heterocycles. The van der Waals surface area contributed by atoms with Gasteiger partial charge in [0.1, 0.15) is 0 Å². The fourth-order valence-electron chi connectivity index (χ4n) is 2.16. The average molecular weight is 289 g/mol. The highest BCUT2D eigenvalue weighted by Crippen LogP contribution is 2.22. The average Bonchev–Trinajstić information content (AvgIpc) is 2.81. The molecule has 3 N–H and O–H groups in total. The molecule has 1 heterocycles. The highest BCUT2D eigenvalue weighted by atomic mass is 16.4. The molecule has 2 rings (SSSR count).